The van der Waals surface area contributed by atoms with Crippen LogP contribution in [0, 0.1) is 0 Å². The topological polar surface area (TPSA) is 32.3 Å². The molecule has 1 saturated carbocycles. The zero-order valence-electron chi connectivity index (χ0n) is 8.84. The molecular formula is C10H21NOS. The molecule has 0 heterocycles. The Morgan fingerprint density at radius 3 is 2.69 bits per heavy atom. The molecular weight excluding hydrogens is 182 g/mol. The highest BCUT2D eigenvalue weighted by Gasteiger charge is 2.27. The van der Waals surface area contributed by atoms with Gasteiger partial charge in [0.05, 0.1) is 5.60 Å². The standard InChI is InChI=1S/C10H21NOS/c1-10(2,12)7-11-8-5-4-6-9(8)13-3/h8-9,11-12H,4-7H2,1-3H3. The van der Waals surface area contributed by atoms with Gasteiger partial charge in [-0.15, -0.1) is 0 Å². The molecule has 0 aromatic rings. The van der Waals surface area contributed by atoms with Crippen LogP contribution in [-0.4, -0.2) is 34.8 Å². The Balaban J connectivity index is 2.28. The minimum absolute atomic E-state index is 0.578. The van der Waals surface area contributed by atoms with E-state index in [1.54, 1.807) is 0 Å². The van der Waals surface area contributed by atoms with Crippen molar-refractivity contribution in [3.63, 3.8) is 0 Å². The van der Waals surface area contributed by atoms with Gasteiger partial charge in [0, 0.05) is 17.8 Å². The molecule has 0 bridgehead atoms. The second kappa shape index (κ2) is 4.67. The molecule has 13 heavy (non-hydrogen) atoms. The number of hydrogen-bond donors (Lipinski definition) is 2. The highest BCUT2D eigenvalue weighted by atomic mass is 32.2. The van der Waals surface area contributed by atoms with E-state index in [-0.39, 0.29) is 0 Å². The molecule has 1 rings (SSSR count). The summed E-state index contributed by atoms with van der Waals surface area (Å²) in [6, 6.07) is 0.612. The van der Waals surface area contributed by atoms with Crippen molar-refractivity contribution in [2.24, 2.45) is 0 Å². The smallest absolute Gasteiger partial charge is 0.0715 e. The Morgan fingerprint density at radius 2 is 2.15 bits per heavy atom. The van der Waals surface area contributed by atoms with Crippen LogP contribution in [0.4, 0.5) is 0 Å². The third-order valence-corrected chi connectivity index (χ3v) is 3.72. The molecule has 0 aromatic carbocycles. The molecule has 78 valence electrons. The van der Waals surface area contributed by atoms with Gasteiger partial charge in [-0.1, -0.05) is 6.42 Å². The quantitative estimate of drug-likeness (QED) is 0.728. The fourth-order valence-corrected chi connectivity index (χ4v) is 2.79. The normalized spacial score (nSPS) is 29.5. The maximum Gasteiger partial charge on any atom is 0.0715 e. The molecule has 0 saturated heterocycles. The maximum atomic E-state index is 9.57. The fourth-order valence-electron chi connectivity index (χ4n) is 1.82. The van der Waals surface area contributed by atoms with Crippen LogP contribution in [0.3, 0.4) is 0 Å². The lowest BCUT2D eigenvalue weighted by Crippen LogP contribution is -2.43. The first-order valence-electron chi connectivity index (χ1n) is 5.01. The van der Waals surface area contributed by atoms with Crippen LogP contribution in [0.15, 0.2) is 0 Å². The lowest BCUT2D eigenvalue weighted by Gasteiger charge is -2.24. The molecule has 2 nitrogen and oxygen atoms in total. The summed E-state index contributed by atoms with van der Waals surface area (Å²) in [5.41, 5.74) is -0.578. The van der Waals surface area contributed by atoms with Gasteiger partial charge in [-0.3, -0.25) is 0 Å². The summed E-state index contributed by atoms with van der Waals surface area (Å²) in [4.78, 5) is 0. The van der Waals surface area contributed by atoms with Crippen LogP contribution < -0.4 is 5.32 Å². The van der Waals surface area contributed by atoms with Crippen molar-refractivity contribution >= 4 is 11.8 Å². The van der Waals surface area contributed by atoms with Gasteiger partial charge in [-0.05, 0) is 32.9 Å². The van der Waals surface area contributed by atoms with Gasteiger partial charge >= 0.3 is 0 Å². The molecule has 0 radical (unpaired) electrons. The molecule has 2 atom stereocenters. The summed E-state index contributed by atoms with van der Waals surface area (Å²) < 4.78 is 0. The van der Waals surface area contributed by atoms with Crippen molar-refractivity contribution in [3.8, 4) is 0 Å². The highest BCUT2D eigenvalue weighted by molar-refractivity contribution is 7.99. The van der Waals surface area contributed by atoms with E-state index in [4.69, 9.17) is 0 Å². The Kier molecular flexibility index (Phi) is 4.07. The molecule has 0 amide bonds. The second-order valence-corrected chi connectivity index (χ2v) is 5.58. The van der Waals surface area contributed by atoms with Gasteiger partial charge in [0.2, 0.25) is 0 Å². The maximum absolute atomic E-state index is 9.57. The number of thioether (sulfide) groups is 1. The Labute approximate surface area is 85.5 Å². The molecule has 0 aliphatic heterocycles. The monoisotopic (exact) mass is 203 g/mol. The largest absolute Gasteiger partial charge is 0.389 e. The predicted molar refractivity (Wildman–Crippen MR) is 59.2 cm³/mol. The molecule has 3 heteroatoms. The van der Waals surface area contributed by atoms with E-state index in [2.05, 4.69) is 11.6 Å². The lowest BCUT2D eigenvalue weighted by molar-refractivity contribution is 0.0768. The van der Waals surface area contributed by atoms with Crippen molar-refractivity contribution in [1.82, 2.24) is 5.32 Å². The first-order valence-corrected chi connectivity index (χ1v) is 6.30. The summed E-state index contributed by atoms with van der Waals surface area (Å²) in [5, 5.41) is 13.8. The zero-order chi connectivity index (χ0) is 9.90. The Morgan fingerprint density at radius 1 is 1.46 bits per heavy atom. The molecule has 0 spiro atoms. The summed E-state index contributed by atoms with van der Waals surface area (Å²) in [7, 11) is 0. The SMILES string of the molecule is CSC1CCCC1NCC(C)(C)O. The molecule has 0 aromatic heterocycles. The van der Waals surface area contributed by atoms with Crippen molar-refractivity contribution < 1.29 is 5.11 Å². The van der Waals surface area contributed by atoms with Gasteiger partial charge in [0.1, 0.15) is 0 Å². The van der Waals surface area contributed by atoms with E-state index in [1.165, 1.54) is 19.3 Å². The van der Waals surface area contributed by atoms with E-state index >= 15 is 0 Å². The summed E-state index contributed by atoms with van der Waals surface area (Å²) in [6.07, 6.45) is 6.09. The van der Waals surface area contributed by atoms with Crippen LogP contribution in [0.5, 0.6) is 0 Å². The molecule has 2 unspecified atom stereocenters. The molecule has 1 aliphatic rings. The lowest BCUT2D eigenvalue weighted by atomic mass is 10.1. The molecule has 2 N–H and O–H groups in total. The number of aliphatic hydroxyl groups is 1. The average molecular weight is 203 g/mol. The van der Waals surface area contributed by atoms with Crippen LogP contribution in [-0.2, 0) is 0 Å². The molecule has 1 fully saturated rings. The van der Waals surface area contributed by atoms with E-state index in [1.807, 2.05) is 25.6 Å². The second-order valence-electron chi connectivity index (χ2n) is 4.50. The average Bonchev–Trinajstić information content (AvgIpc) is 2.46. The zero-order valence-corrected chi connectivity index (χ0v) is 9.66. The van der Waals surface area contributed by atoms with Crippen molar-refractivity contribution in [2.45, 2.75) is 50.0 Å². The first kappa shape index (κ1) is 11.3. The Hall–Kier alpha value is 0.270. The van der Waals surface area contributed by atoms with Crippen LogP contribution in [0.25, 0.3) is 0 Å². The van der Waals surface area contributed by atoms with Gasteiger partial charge in [0.25, 0.3) is 0 Å². The highest BCUT2D eigenvalue weighted by Crippen LogP contribution is 2.28. The van der Waals surface area contributed by atoms with Crippen molar-refractivity contribution in [1.29, 1.82) is 0 Å². The van der Waals surface area contributed by atoms with Crippen LogP contribution in [0.2, 0.25) is 0 Å². The third-order valence-electron chi connectivity index (χ3n) is 2.55. The number of nitrogens with one attached hydrogen (secondary N) is 1. The van der Waals surface area contributed by atoms with Gasteiger partial charge < -0.3 is 10.4 Å². The van der Waals surface area contributed by atoms with E-state index < -0.39 is 5.60 Å². The summed E-state index contributed by atoms with van der Waals surface area (Å²) in [6.45, 7) is 4.40. The minimum Gasteiger partial charge on any atom is -0.389 e. The van der Waals surface area contributed by atoms with Crippen LogP contribution in [0.1, 0.15) is 33.1 Å². The first-order chi connectivity index (χ1) is 6.03. The summed E-state index contributed by atoms with van der Waals surface area (Å²) >= 11 is 1.95. The molecule has 1 aliphatic carbocycles. The Bertz CT molecular complexity index is 155. The minimum atomic E-state index is -0.578. The van der Waals surface area contributed by atoms with E-state index in [9.17, 15) is 5.11 Å². The third kappa shape index (κ3) is 3.88. The predicted octanol–water partition coefficient (Wildman–Crippen LogP) is 1.63. The van der Waals surface area contributed by atoms with E-state index in [0.717, 1.165) is 5.25 Å². The van der Waals surface area contributed by atoms with Gasteiger partial charge in [0.15, 0.2) is 0 Å². The van der Waals surface area contributed by atoms with Crippen LogP contribution >= 0.6 is 11.8 Å². The van der Waals surface area contributed by atoms with Crippen molar-refractivity contribution in [3.05, 3.63) is 0 Å². The summed E-state index contributed by atoms with van der Waals surface area (Å²) in [5.74, 6) is 0. The number of hydrogen-bond acceptors (Lipinski definition) is 3. The van der Waals surface area contributed by atoms with Gasteiger partial charge in [-0.25, -0.2) is 0 Å². The van der Waals surface area contributed by atoms with E-state index in [0.29, 0.717) is 12.6 Å². The fraction of sp³-hybridized carbons (Fsp3) is 1.00. The number of rotatable bonds is 4. The van der Waals surface area contributed by atoms with Crippen molar-refractivity contribution in [2.75, 3.05) is 12.8 Å². The van der Waals surface area contributed by atoms with Gasteiger partial charge in [-0.2, -0.15) is 11.8 Å².